The van der Waals surface area contributed by atoms with E-state index in [1.165, 1.54) is 6.92 Å². The van der Waals surface area contributed by atoms with Gasteiger partial charge in [0.15, 0.2) is 0 Å². The highest BCUT2D eigenvalue weighted by Gasteiger charge is 2.24. The van der Waals surface area contributed by atoms with Gasteiger partial charge in [-0.3, -0.25) is 9.59 Å². The maximum atomic E-state index is 11.8. The minimum atomic E-state index is -1.16. The normalized spacial score (nSPS) is 15.1. The van der Waals surface area contributed by atoms with Crippen LogP contribution in [0.5, 0.6) is 0 Å². The quantitative estimate of drug-likeness (QED) is 0.361. The van der Waals surface area contributed by atoms with E-state index >= 15 is 0 Å². The molecule has 0 aromatic rings. The molecule has 0 aliphatic heterocycles. The summed E-state index contributed by atoms with van der Waals surface area (Å²) >= 11 is 0. The number of hydrogen-bond donors (Lipinski definition) is 5. The standard InChI is InChI=1S/C13H26N4O4/c1-7(2)6-9(15)12(19)16-8(3)11(18)17-10(4-5-14)13(20)21/h7-10H,4-6,14-15H2,1-3H3,(H,16,19)(H,17,18)(H,20,21)/t8-,9-,10-/m0/s1. The van der Waals surface area contributed by atoms with Crippen molar-refractivity contribution >= 4 is 17.8 Å². The average molecular weight is 302 g/mol. The van der Waals surface area contributed by atoms with Gasteiger partial charge in [0.25, 0.3) is 0 Å². The number of carboxylic acids is 1. The molecule has 0 saturated heterocycles. The minimum Gasteiger partial charge on any atom is -0.480 e. The first-order chi connectivity index (χ1) is 9.68. The van der Waals surface area contributed by atoms with Crippen molar-refractivity contribution in [1.82, 2.24) is 10.6 Å². The van der Waals surface area contributed by atoms with E-state index in [2.05, 4.69) is 10.6 Å². The summed E-state index contributed by atoms with van der Waals surface area (Å²) in [5.74, 6) is -1.92. The van der Waals surface area contributed by atoms with Crippen molar-refractivity contribution in [1.29, 1.82) is 0 Å². The highest BCUT2D eigenvalue weighted by Crippen LogP contribution is 2.03. The zero-order valence-electron chi connectivity index (χ0n) is 12.8. The summed E-state index contributed by atoms with van der Waals surface area (Å²) in [5.41, 5.74) is 11.0. The number of aliphatic carboxylic acids is 1. The van der Waals surface area contributed by atoms with Gasteiger partial charge in [-0.05, 0) is 32.2 Å². The Morgan fingerprint density at radius 1 is 1.10 bits per heavy atom. The van der Waals surface area contributed by atoms with Crippen molar-refractivity contribution in [2.24, 2.45) is 17.4 Å². The smallest absolute Gasteiger partial charge is 0.326 e. The van der Waals surface area contributed by atoms with Crippen LogP contribution in [0.1, 0.15) is 33.6 Å². The monoisotopic (exact) mass is 302 g/mol. The van der Waals surface area contributed by atoms with Crippen LogP contribution in [0.4, 0.5) is 0 Å². The Balaban J connectivity index is 4.44. The number of nitrogens with one attached hydrogen (secondary N) is 2. The van der Waals surface area contributed by atoms with Gasteiger partial charge in [-0.15, -0.1) is 0 Å². The van der Waals surface area contributed by atoms with E-state index in [0.29, 0.717) is 6.42 Å². The molecule has 0 unspecified atom stereocenters. The van der Waals surface area contributed by atoms with Crippen LogP contribution >= 0.6 is 0 Å². The molecule has 0 aliphatic rings. The molecule has 2 amide bonds. The molecule has 8 nitrogen and oxygen atoms in total. The SMILES string of the molecule is CC(C)C[C@H](N)C(=O)N[C@@H](C)C(=O)N[C@@H](CCN)C(=O)O. The lowest BCUT2D eigenvalue weighted by atomic mass is 10.0. The van der Waals surface area contributed by atoms with Crippen LogP contribution in [0.2, 0.25) is 0 Å². The van der Waals surface area contributed by atoms with Crippen LogP contribution in [0, 0.1) is 5.92 Å². The third-order valence-corrected chi connectivity index (χ3v) is 2.88. The molecule has 0 rings (SSSR count). The van der Waals surface area contributed by atoms with Gasteiger partial charge >= 0.3 is 5.97 Å². The zero-order valence-corrected chi connectivity index (χ0v) is 12.8. The summed E-state index contributed by atoms with van der Waals surface area (Å²) < 4.78 is 0. The van der Waals surface area contributed by atoms with E-state index in [-0.39, 0.29) is 18.9 Å². The van der Waals surface area contributed by atoms with Crippen molar-refractivity contribution < 1.29 is 19.5 Å². The van der Waals surface area contributed by atoms with Gasteiger partial charge in [-0.25, -0.2) is 4.79 Å². The Bertz CT molecular complexity index is 373. The lowest BCUT2D eigenvalue weighted by molar-refractivity contribution is -0.142. The first-order valence-electron chi connectivity index (χ1n) is 6.98. The van der Waals surface area contributed by atoms with Crippen molar-refractivity contribution in [2.75, 3.05) is 6.54 Å². The number of hydrogen-bond acceptors (Lipinski definition) is 5. The highest BCUT2D eigenvalue weighted by atomic mass is 16.4. The molecule has 0 saturated carbocycles. The molecule has 0 bridgehead atoms. The fourth-order valence-electron chi connectivity index (χ4n) is 1.72. The summed E-state index contributed by atoms with van der Waals surface area (Å²) in [6.07, 6.45) is 0.625. The predicted molar refractivity (Wildman–Crippen MR) is 78.3 cm³/mol. The second-order valence-electron chi connectivity index (χ2n) is 5.44. The third kappa shape index (κ3) is 7.62. The van der Waals surface area contributed by atoms with E-state index in [9.17, 15) is 14.4 Å². The van der Waals surface area contributed by atoms with Crippen LogP contribution < -0.4 is 22.1 Å². The molecule has 0 aromatic heterocycles. The lowest BCUT2D eigenvalue weighted by Gasteiger charge is -2.20. The molecule has 7 N–H and O–H groups in total. The van der Waals surface area contributed by atoms with Crippen LogP contribution in [0.15, 0.2) is 0 Å². The van der Waals surface area contributed by atoms with Gasteiger partial charge in [0.05, 0.1) is 6.04 Å². The molecule has 8 heteroatoms. The van der Waals surface area contributed by atoms with Crippen molar-refractivity contribution in [3.05, 3.63) is 0 Å². The fraction of sp³-hybridized carbons (Fsp3) is 0.769. The molecular weight excluding hydrogens is 276 g/mol. The Kier molecular flexibility index (Phi) is 8.56. The molecule has 0 spiro atoms. The van der Waals surface area contributed by atoms with E-state index in [1.54, 1.807) is 0 Å². The number of carbonyl (C=O) groups is 3. The maximum absolute atomic E-state index is 11.8. The number of nitrogens with two attached hydrogens (primary N) is 2. The van der Waals surface area contributed by atoms with Crippen molar-refractivity contribution in [3.63, 3.8) is 0 Å². The van der Waals surface area contributed by atoms with Crippen LogP contribution in [-0.2, 0) is 14.4 Å². The van der Waals surface area contributed by atoms with Gasteiger partial charge in [0.2, 0.25) is 11.8 Å². The first-order valence-corrected chi connectivity index (χ1v) is 6.98. The topological polar surface area (TPSA) is 148 Å². The molecule has 0 aliphatic carbocycles. The molecule has 0 heterocycles. The van der Waals surface area contributed by atoms with Gasteiger partial charge in [0.1, 0.15) is 12.1 Å². The van der Waals surface area contributed by atoms with Crippen molar-refractivity contribution in [2.45, 2.75) is 51.7 Å². The summed E-state index contributed by atoms with van der Waals surface area (Å²) in [6.45, 7) is 5.48. The minimum absolute atomic E-state index is 0.120. The molecule has 0 radical (unpaired) electrons. The summed E-state index contributed by atoms with van der Waals surface area (Å²) in [5, 5.41) is 13.7. The second kappa shape index (κ2) is 9.30. The number of amides is 2. The highest BCUT2D eigenvalue weighted by molar-refractivity contribution is 5.91. The van der Waals surface area contributed by atoms with Gasteiger partial charge in [-0.1, -0.05) is 13.8 Å². The Labute approximate surface area is 124 Å². The summed E-state index contributed by atoms with van der Waals surface area (Å²) in [6, 6.07) is -2.62. The molecule has 21 heavy (non-hydrogen) atoms. The fourth-order valence-corrected chi connectivity index (χ4v) is 1.72. The zero-order chi connectivity index (χ0) is 16.6. The molecule has 0 aromatic carbocycles. The maximum Gasteiger partial charge on any atom is 0.326 e. The summed E-state index contributed by atoms with van der Waals surface area (Å²) in [7, 11) is 0. The molecule has 122 valence electrons. The van der Waals surface area contributed by atoms with Gasteiger partial charge in [-0.2, -0.15) is 0 Å². The third-order valence-electron chi connectivity index (χ3n) is 2.88. The van der Waals surface area contributed by atoms with E-state index in [0.717, 1.165) is 0 Å². The van der Waals surface area contributed by atoms with E-state index in [4.69, 9.17) is 16.6 Å². The lowest BCUT2D eigenvalue weighted by Crippen LogP contribution is -2.53. The van der Waals surface area contributed by atoms with Gasteiger partial charge in [0, 0.05) is 0 Å². The largest absolute Gasteiger partial charge is 0.480 e. The van der Waals surface area contributed by atoms with E-state index in [1.807, 2.05) is 13.8 Å². The van der Waals surface area contributed by atoms with Crippen LogP contribution in [0.25, 0.3) is 0 Å². The van der Waals surface area contributed by atoms with Gasteiger partial charge < -0.3 is 27.2 Å². The molecule has 0 fully saturated rings. The number of rotatable bonds is 9. The predicted octanol–water partition coefficient (Wildman–Crippen LogP) is -1.22. The number of carboxylic acid groups (broad SMARTS) is 1. The molecular formula is C13H26N4O4. The number of carbonyl (C=O) groups excluding carboxylic acids is 2. The van der Waals surface area contributed by atoms with Crippen LogP contribution in [-0.4, -0.2) is 47.6 Å². The Morgan fingerprint density at radius 2 is 1.67 bits per heavy atom. The molecule has 3 atom stereocenters. The van der Waals surface area contributed by atoms with Crippen molar-refractivity contribution in [3.8, 4) is 0 Å². The van der Waals surface area contributed by atoms with Crippen LogP contribution in [0.3, 0.4) is 0 Å². The Hall–Kier alpha value is -1.67. The Morgan fingerprint density at radius 3 is 2.10 bits per heavy atom. The van der Waals surface area contributed by atoms with E-state index < -0.39 is 35.9 Å². The average Bonchev–Trinajstić information content (AvgIpc) is 2.36. The second-order valence-corrected chi connectivity index (χ2v) is 5.44. The summed E-state index contributed by atoms with van der Waals surface area (Å²) in [4.78, 5) is 34.6. The first kappa shape index (κ1) is 19.3.